The van der Waals surface area contributed by atoms with Crippen LogP contribution in [-0.2, 0) is 0 Å². The van der Waals surface area contributed by atoms with E-state index in [0.29, 0.717) is 15.6 Å². The summed E-state index contributed by atoms with van der Waals surface area (Å²) < 4.78 is 14.2. The first-order valence-electron chi connectivity index (χ1n) is 3.57. The van der Waals surface area contributed by atoms with Crippen molar-refractivity contribution in [2.45, 2.75) is 6.88 Å². The zero-order valence-corrected chi connectivity index (χ0v) is 6.08. The highest BCUT2D eigenvalue weighted by Crippen LogP contribution is 2.21. The van der Waals surface area contributed by atoms with Crippen LogP contribution < -0.4 is 0 Å². The molecule has 0 aliphatic rings. The van der Waals surface area contributed by atoms with Gasteiger partial charge in [-0.3, -0.25) is 0 Å². The van der Waals surface area contributed by atoms with Gasteiger partial charge in [-0.25, -0.2) is 0 Å². The maximum absolute atomic E-state index is 7.10. The summed E-state index contributed by atoms with van der Waals surface area (Å²) in [5, 5.41) is 0.764. The van der Waals surface area contributed by atoms with Crippen LogP contribution in [0.15, 0.2) is 18.2 Å². The van der Waals surface area contributed by atoms with Crippen LogP contribution in [0.5, 0.6) is 0 Å². The maximum Gasteiger partial charge on any atom is 0.0450 e. The smallest absolute Gasteiger partial charge is 0.0450 e. The number of halogens is 2. The highest BCUT2D eigenvalue weighted by atomic mass is 35.5. The third kappa shape index (κ3) is 1.38. The van der Waals surface area contributed by atoms with E-state index in [1.165, 1.54) is 0 Å². The van der Waals surface area contributed by atoms with Gasteiger partial charge in [-0.2, -0.15) is 0 Å². The molecule has 1 aromatic rings. The van der Waals surface area contributed by atoms with E-state index < -0.39 is 6.88 Å². The van der Waals surface area contributed by atoms with Gasteiger partial charge in [0, 0.05) is 12.8 Å². The van der Waals surface area contributed by atoms with E-state index in [4.69, 9.17) is 25.9 Å². The van der Waals surface area contributed by atoms with E-state index >= 15 is 0 Å². The highest BCUT2D eigenvalue weighted by molar-refractivity contribution is 6.35. The van der Waals surface area contributed by atoms with Crippen molar-refractivity contribution in [2.75, 3.05) is 0 Å². The fourth-order valence-electron chi connectivity index (χ4n) is 0.511. The van der Waals surface area contributed by atoms with E-state index in [1.807, 2.05) is 0 Å². The van der Waals surface area contributed by atoms with Crippen molar-refractivity contribution in [1.29, 1.82) is 0 Å². The van der Waals surface area contributed by atoms with Gasteiger partial charge < -0.3 is 0 Å². The largest absolute Gasteiger partial charge is 0.0840 e. The minimum atomic E-state index is -1.11. The van der Waals surface area contributed by atoms with Gasteiger partial charge >= 0.3 is 0 Å². The van der Waals surface area contributed by atoms with Crippen molar-refractivity contribution in [2.24, 2.45) is 0 Å². The number of benzene rings is 1. The molecular weight excluding hydrogens is 155 g/mol. The summed E-state index contributed by atoms with van der Waals surface area (Å²) in [6, 6.07) is 4.94. The third-order valence-electron chi connectivity index (χ3n) is 1.000. The Bertz CT molecular complexity index is 240. The maximum atomic E-state index is 7.10. The fraction of sp³-hybridized carbons (Fsp3) is 0.143. The molecule has 0 atom stereocenters. The summed E-state index contributed by atoms with van der Waals surface area (Å²) in [5.74, 6) is 0. The van der Waals surface area contributed by atoms with Gasteiger partial charge in [0.25, 0.3) is 0 Å². The van der Waals surface area contributed by atoms with E-state index in [-0.39, 0.29) is 0 Å². The van der Waals surface area contributed by atoms with Crippen LogP contribution in [0.1, 0.15) is 8.30 Å². The molecule has 0 aromatic heterocycles. The summed E-state index contributed by atoms with van der Waals surface area (Å²) in [5.41, 5.74) is 0.371. The number of hydrogen-bond acceptors (Lipinski definition) is 0. The monoisotopic (exact) mass is 162 g/mol. The summed E-state index contributed by atoms with van der Waals surface area (Å²) in [7, 11) is 0. The van der Waals surface area contributed by atoms with Gasteiger partial charge in [0.15, 0.2) is 0 Å². The molecule has 48 valence electrons. The van der Waals surface area contributed by atoms with Crippen molar-refractivity contribution in [1.82, 2.24) is 0 Å². The molecule has 0 spiro atoms. The van der Waals surface area contributed by atoms with Crippen LogP contribution in [0.2, 0.25) is 10.0 Å². The quantitative estimate of drug-likeness (QED) is 0.550. The van der Waals surface area contributed by atoms with Crippen molar-refractivity contribution in [3.63, 3.8) is 0 Å². The first-order chi connectivity index (χ1) is 5.13. The van der Waals surface area contributed by atoms with Crippen molar-refractivity contribution in [3.8, 4) is 0 Å². The second-order valence-electron chi connectivity index (χ2n) is 1.64. The standard InChI is InChI=1S/C7H6Cl2/c1-5-6(8)3-2-4-7(5)9/h2-4H,1H3/i1D2. The molecule has 0 aliphatic carbocycles. The lowest BCUT2D eigenvalue weighted by atomic mass is 10.2. The lowest BCUT2D eigenvalue weighted by molar-refractivity contribution is 1.47. The van der Waals surface area contributed by atoms with Crippen LogP contribution in [0.25, 0.3) is 0 Å². The average molecular weight is 163 g/mol. The summed E-state index contributed by atoms with van der Waals surface area (Å²) >= 11 is 11.4. The Balaban J connectivity index is 3.21. The highest BCUT2D eigenvalue weighted by Gasteiger charge is 1.96. The second-order valence-corrected chi connectivity index (χ2v) is 2.45. The Morgan fingerprint density at radius 3 is 2.22 bits per heavy atom. The number of hydrogen-bond donors (Lipinski definition) is 0. The summed E-state index contributed by atoms with van der Waals surface area (Å²) in [4.78, 5) is 0. The Hall–Kier alpha value is -0.200. The molecule has 0 heterocycles. The minimum absolute atomic E-state index is 0.371. The molecule has 0 fully saturated rings. The van der Waals surface area contributed by atoms with Crippen molar-refractivity contribution < 1.29 is 2.74 Å². The molecule has 0 radical (unpaired) electrons. The lowest BCUT2D eigenvalue weighted by Crippen LogP contribution is -1.73. The zero-order valence-electron chi connectivity index (χ0n) is 6.57. The van der Waals surface area contributed by atoms with E-state index in [0.717, 1.165) is 0 Å². The first-order valence-corrected chi connectivity index (χ1v) is 3.17. The Morgan fingerprint density at radius 1 is 1.33 bits per heavy atom. The topological polar surface area (TPSA) is 0 Å². The molecule has 0 nitrogen and oxygen atoms in total. The zero-order chi connectivity index (χ0) is 8.43. The second kappa shape index (κ2) is 2.59. The molecule has 0 bridgehead atoms. The third-order valence-corrected chi connectivity index (χ3v) is 1.66. The van der Waals surface area contributed by atoms with Crippen LogP contribution in [0.3, 0.4) is 0 Å². The molecule has 1 rings (SSSR count). The SMILES string of the molecule is [2H]C([2H])c1c(Cl)cccc1Cl. The van der Waals surface area contributed by atoms with Crippen LogP contribution in [0.4, 0.5) is 0 Å². The molecule has 0 aliphatic heterocycles. The van der Waals surface area contributed by atoms with Crippen LogP contribution in [0, 0.1) is 6.88 Å². The average Bonchev–Trinajstić information content (AvgIpc) is 1.85. The van der Waals surface area contributed by atoms with Crippen LogP contribution >= 0.6 is 23.2 Å². The van der Waals surface area contributed by atoms with Gasteiger partial charge in [0.05, 0.1) is 0 Å². The van der Waals surface area contributed by atoms with Gasteiger partial charge in [-0.15, -0.1) is 0 Å². The van der Waals surface area contributed by atoms with Crippen LogP contribution in [-0.4, -0.2) is 0 Å². The molecular formula is C7H6Cl2. The summed E-state index contributed by atoms with van der Waals surface area (Å²) in [6.45, 7) is -1.11. The van der Waals surface area contributed by atoms with E-state index in [1.54, 1.807) is 18.2 Å². The van der Waals surface area contributed by atoms with E-state index in [9.17, 15) is 0 Å². The van der Waals surface area contributed by atoms with Crippen molar-refractivity contribution >= 4 is 23.2 Å². The van der Waals surface area contributed by atoms with E-state index in [2.05, 4.69) is 0 Å². The molecule has 0 N–H and O–H groups in total. The van der Waals surface area contributed by atoms with Gasteiger partial charge in [-0.05, 0) is 24.6 Å². The molecule has 0 saturated heterocycles. The summed E-state index contributed by atoms with van der Waals surface area (Å²) in [6.07, 6.45) is 0. The van der Waals surface area contributed by atoms with Gasteiger partial charge in [0.2, 0.25) is 0 Å². The Kier molecular flexibility index (Phi) is 1.32. The first kappa shape index (κ1) is 4.59. The predicted molar refractivity (Wildman–Crippen MR) is 41.2 cm³/mol. The molecule has 0 saturated carbocycles. The Morgan fingerprint density at radius 2 is 1.89 bits per heavy atom. The predicted octanol–water partition coefficient (Wildman–Crippen LogP) is 3.30. The van der Waals surface area contributed by atoms with Gasteiger partial charge in [-0.1, -0.05) is 29.3 Å². The van der Waals surface area contributed by atoms with Crippen molar-refractivity contribution in [3.05, 3.63) is 33.8 Å². The molecule has 9 heavy (non-hydrogen) atoms. The Labute approximate surface area is 67.2 Å². The molecule has 1 aromatic carbocycles. The molecule has 0 unspecified atom stereocenters. The fourth-order valence-corrected chi connectivity index (χ4v) is 0.908. The molecule has 0 amide bonds. The minimum Gasteiger partial charge on any atom is -0.0840 e. The molecule has 2 heteroatoms. The lowest BCUT2D eigenvalue weighted by Gasteiger charge is -1.96. The number of rotatable bonds is 0. The van der Waals surface area contributed by atoms with Gasteiger partial charge in [0.1, 0.15) is 0 Å². The normalized spacial score (nSPS) is 13.2.